The molecule has 123 heavy (non-hydrogen) atoms. The van der Waals surface area contributed by atoms with Crippen LogP contribution in [0.4, 0.5) is 9.59 Å². The van der Waals surface area contributed by atoms with Crippen molar-refractivity contribution in [1.29, 1.82) is 0 Å². The Morgan fingerprint density at radius 2 is 0.602 bits per heavy atom. The molecule has 0 bridgehead atoms. The van der Waals surface area contributed by atoms with Gasteiger partial charge < -0.3 is 80.0 Å². The number of rotatable bonds is 16. The number of piperidine rings is 3. The molecule has 6 aliphatic heterocycles. The van der Waals surface area contributed by atoms with Gasteiger partial charge in [0.1, 0.15) is 30.2 Å². The van der Waals surface area contributed by atoms with Crippen LogP contribution in [0.15, 0.2) is 0 Å². The lowest BCUT2D eigenvalue weighted by Crippen LogP contribution is -2.59. The van der Waals surface area contributed by atoms with E-state index in [1.807, 2.05) is 0 Å². The molecule has 0 spiro atoms. The van der Waals surface area contributed by atoms with E-state index >= 15 is 0 Å². The van der Waals surface area contributed by atoms with E-state index in [1.54, 1.807) is 14.7 Å². The first-order valence-electron chi connectivity index (χ1n) is 47.0. The van der Waals surface area contributed by atoms with Gasteiger partial charge in [0.15, 0.2) is 11.6 Å². The van der Waals surface area contributed by atoms with Crippen molar-refractivity contribution < 1.29 is 86.6 Å². The summed E-state index contributed by atoms with van der Waals surface area (Å²) in [5.41, 5.74) is 21.7. The molecule has 7 saturated carbocycles. The monoisotopic (exact) mass is 1720 g/mol. The standard InChI is InChI=1S/2C34H53N5O6.C22H36N4O4.CH2O2/c2*1-34(2)22-19-39-27(25(22)34)31(43)36-23(29(41)30(35)42)15-11-6-4-3-5-7-12-16-24(32(39)44)37-33(45)38-26(28(40)21-17-18-21)20-13-9-8-10-14-20;1-22(2)13-12-26-17(16(13)22)20(29)25-15(18(27)19(24)28)11-9-7-5-3-4-6-8-10-14(23)21(26)30;2-1-3/h2*20-27H,3-19H2,1-2H3,(H2,35,42)(H,36,43)(H2,37,38,45);13-17H,3-12,23H2,1-2H3,(H2,24,28)(H,25,29);1H,(H,2,3)/t2*22-,23-,24-,25-,26-,27-;13-,14-,15-,16-,17-;/m000./s1. The van der Waals surface area contributed by atoms with Crippen LogP contribution < -0.4 is 60.2 Å². The Morgan fingerprint density at radius 3 is 0.870 bits per heavy atom. The summed E-state index contributed by atoms with van der Waals surface area (Å²) in [5.74, 6) is -6.92. The summed E-state index contributed by atoms with van der Waals surface area (Å²) in [6.45, 7) is 13.5. The van der Waals surface area contributed by atoms with Crippen molar-refractivity contribution in [3.63, 3.8) is 0 Å². The van der Waals surface area contributed by atoms with E-state index in [0.29, 0.717) is 71.0 Å². The average molecular weight is 1720 g/mol. The second-order valence-corrected chi connectivity index (χ2v) is 39.9. The lowest BCUT2D eigenvalue weighted by molar-refractivity contribution is -0.143. The first-order chi connectivity index (χ1) is 58.6. The van der Waals surface area contributed by atoms with Crippen LogP contribution in [0.2, 0.25) is 0 Å². The molecule has 0 aromatic heterocycles. The number of fused-ring (bicyclic) bond motifs is 9. The number of primary amides is 3. The molecule has 13 fully saturated rings. The van der Waals surface area contributed by atoms with Crippen LogP contribution in [0, 0.1) is 75.4 Å². The third-order valence-electron chi connectivity index (χ3n) is 30.3. The van der Waals surface area contributed by atoms with Gasteiger partial charge in [-0.2, -0.15) is 0 Å². The number of Topliss-reactive ketones (excluding diaryl/α,β-unsaturated/α-hetero) is 5. The van der Waals surface area contributed by atoms with Gasteiger partial charge in [0.05, 0.1) is 36.3 Å². The van der Waals surface area contributed by atoms with Gasteiger partial charge in [-0.05, 0) is 153 Å². The average Bonchev–Trinajstić information content (AvgIpc) is 1.54. The molecule has 32 heteroatoms. The third kappa shape index (κ3) is 24.6. The number of amides is 13. The minimum Gasteiger partial charge on any atom is -0.483 e. The van der Waals surface area contributed by atoms with Crippen molar-refractivity contribution in [3.05, 3.63) is 0 Å². The van der Waals surface area contributed by atoms with E-state index in [9.17, 15) is 76.7 Å². The maximum absolute atomic E-state index is 14.2. The first-order valence-corrected chi connectivity index (χ1v) is 47.0. The van der Waals surface area contributed by atoms with E-state index in [-0.39, 0.29) is 117 Å². The van der Waals surface area contributed by atoms with Crippen LogP contribution in [0.25, 0.3) is 0 Å². The molecule has 0 aromatic rings. The number of carbonyl (C=O) groups excluding carboxylic acids is 16. The molecule has 686 valence electrons. The van der Waals surface area contributed by atoms with Crippen molar-refractivity contribution in [2.24, 2.45) is 98.4 Å². The summed E-state index contributed by atoms with van der Waals surface area (Å²) in [4.78, 5) is 222. The fourth-order valence-corrected chi connectivity index (χ4v) is 22.2. The van der Waals surface area contributed by atoms with Gasteiger partial charge in [0.2, 0.25) is 52.8 Å². The molecule has 13 rings (SSSR count). The zero-order valence-corrected chi connectivity index (χ0v) is 73.9. The van der Waals surface area contributed by atoms with E-state index in [2.05, 4.69) is 78.8 Å². The fourth-order valence-electron chi connectivity index (χ4n) is 22.2. The van der Waals surface area contributed by atoms with Crippen molar-refractivity contribution in [2.45, 2.75) is 371 Å². The molecule has 13 amide bonds. The van der Waals surface area contributed by atoms with E-state index < -0.39 is 125 Å². The number of nitrogens with zero attached hydrogens (tertiary/aromatic N) is 3. The second kappa shape index (κ2) is 43.6. The Balaban J connectivity index is 0.000000194. The number of nitrogens with one attached hydrogen (secondary N) is 7. The molecule has 17 atom stereocenters. The van der Waals surface area contributed by atoms with Gasteiger partial charge in [0, 0.05) is 31.5 Å². The fraction of sp³-hybridized carbons (Fsp3) is 0.813. The summed E-state index contributed by atoms with van der Waals surface area (Å²) < 4.78 is 0. The number of carboxylic acid groups (broad SMARTS) is 1. The van der Waals surface area contributed by atoms with Gasteiger partial charge in [-0.1, -0.05) is 215 Å². The Kier molecular flexibility index (Phi) is 34.3. The molecule has 7 aliphatic carbocycles. The highest BCUT2D eigenvalue weighted by Gasteiger charge is 2.72. The minimum absolute atomic E-state index is 0.0192. The Hall–Kier alpha value is -8.45. The molecular formula is C91H144N14O18. The van der Waals surface area contributed by atoms with Crippen LogP contribution in [0.5, 0.6) is 0 Å². The molecule has 6 saturated heterocycles. The van der Waals surface area contributed by atoms with E-state index in [4.69, 9.17) is 32.8 Å². The molecule has 32 nitrogen and oxygen atoms in total. The summed E-state index contributed by atoms with van der Waals surface area (Å²) >= 11 is 0. The zero-order valence-electron chi connectivity index (χ0n) is 73.9. The second-order valence-electron chi connectivity index (χ2n) is 39.9. The molecular weight excluding hydrogens is 1580 g/mol. The van der Waals surface area contributed by atoms with Gasteiger partial charge in [0.25, 0.3) is 24.2 Å². The SMILES string of the molecule is CC1(C)[C@@H]2[C@H]3C(=O)N[C@H](C(=O)C(N)=O)CCCCCCCCC[C@H](N)C(=O)N3C[C@@H]21.CC1(C)[C@@H]2[C@H]3C(=O)N[C@H](C(=O)C(N)=O)CCCCCCCCC[C@H](NC(=O)N[C@H](C(=O)C4CC4)C4CCCCC4)C(=O)N3C[C@@H]21.CC1(C)[C@@H]2[C@H]3C(=O)N[C@H](C(=O)C(N)=O)CCCCCCCCC[C@H](NC(=O)N[C@H](C(=O)C4CC4)C4CCCCC4)C(=O)N3C[C@@H]21.O=CO. The van der Waals surface area contributed by atoms with Crippen molar-refractivity contribution in [1.82, 2.24) is 51.9 Å². The predicted molar refractivity (Wildman–Crippen MR) is 456 cm³/mol. The van der Waals surface area contributed by atoms with E-state index in [0.717, 1.165) is 212 Å². The third-order valence-corrected chi connectivity index (χ3v) is 30.3. The van der Waals surface area contributed by atoms with Gasteiger partial charge in [-0.15, -0.1) is 0 Å². The molecule has 0 radical (unpaired) electrons. The Labute approximate surface area is 725 Å². The number of hydrogen-bond donors (Lipinski definition) is 12. The summed E-state index contributed by atoms with van der Waals surface area (Å²) in [6, 6.07) is -9.68. The quantitative estimate of drug-likeness (QED) is 0.0557. The molecule has 0 aromatic carbocycles. The molecule has 13 aliphatic rings. The molecule has 16 N–H and O–H groups in total. The predicted octanol–water partition coefficient (Wildman–Crippen LogP) is 6.82. The minimum atomic E-state index is -1.08. The van der Waals surface area contributed by atoms with Crippen molar-refractivity contribution in [3.8, 4) is 0 Å². The van der Waals surface area contributed by atoms with Crippen LogP contribution in [-0.4, -0.2) is 207 Å². The highest BCUT2D eigenvalue weighted by molar-refractivity contribution is 6.39. The molecule has 6 heterocycles. The van der Waals surface area contributed by atoms with Crippen molar-refractivity contribution in [2.75, 3.05) is 19.6 Å². The summed E-state index contributed by atoms with van der Waals surface area (Å²) in [6.07, 6.45) is 35.2. The summed E-state index contributed by atoms with van der Waals surface area (Å²) in [5, 5.41) is 27.1. The lowest BCUT2D eigenvalue weighted by atomic mass is 9.81. The van der Waals surface area contributed by atoms with Gasteiger partial charge in [-0.25, -0.2) is 9.59 Å². The maximum Gasteiger partial charge on any atom is 0.316 e. The maximum atomic E-state index is 14.2. The van der Waals surface area contributed by atoms with Crippen molar-refractivity contribution >= 4 is 101 Å². The number of ketones is 5. The van der Waals surface area contributed by atoms with Crippen LogP contribution in [-0.2, 0) is 71.9 Å². The van der Waals surface area contributed by atoms with Crippen LogP contribution in [0.1, 0.15) is 305 Å². The Morgan fingerprint density at radius 1 is 0.366 bits per heavy atom. The normalized spacial score (nSPS) is 32.1. The molecule has 0 unspecified atom stereocenters. The zero-order chi connectivity index (χ0) is 89.4. The highest BCUT2D eigenvalue weighted by Crippen LogP contribution is 2.67. The van der Waals surface area contributed by atoms with Gasteiger partial charge >= 0.3 is 12.1 Å². The lowest BCUT2D eigenvalue weighted by Gasteiger charge is -2.34. The summed E-state index contributed by atoms with van der Waals surface area (Å²) in [7, 11) is 0. The number of nitrogens with two attached hydrogens (primary N) is 4. The number of urea groups is 2. The smallest absolute Gasteiger partial charge is 0.316 e. The highest BCUT2D eigenvalue weighted by atomic mass is 16.3. The number of carbonyl (C=O) groups is 17. The Bertz CT molecular complexity index is 3650. The van der Waals surface area contributed by atoms with Gasteiger partial charge in [-0.3, -0.25) is 71.9 Å². The largest absolute Gasteiger partial charge is 0.483 e. The van der Waals surface area contributed by atoms with Crippen LogP contribution >= 0.6 is 0 Å². The first kappa shape index (κ1) is 96.8. The van der Waals surface area contributed by atoms with E-state index in [1.165, 1.54) is 0 Å². The number of hydrogen-bond acceptors (Lipinski definition) is 18. The van der Waals surface area contributed by atoms with Crippen LogP contribution in [0.3, 0.4) is 0 Å². The topological polar surface area (TPSA) is 508 Å².